The monoisotopic (exact) mass is 247 g/mol. The van der Waals surface area contributed by atoms with Crippen molar-refractivity contribution in [2.45, 2.75) is 32.6 Å². The van der Waals surface area contributed by atoms with Crippen molar-refractivity contribution in [1.82, 2.24) is 0 Å². The average Bonchev–Trinajstić information content (AvgIpc) is 2.33. The molecule has 0 aliphatic carbocycles. The maximum absolute atomic E-state index is 5.87. The zero-order valence-corrected chi connectivity index (χ0v) is 11.0. The van der Waals surface area contributed by atoms with Gasteiger partial charge in [0.2, 0.25) is 0 Å². The van der Waals surface area contributed by atoms with E-state index in [-0.39, 0.29) is 0 Å². The average molecular weight is 248 g/mol. The van der Waals surface area contributed by atoms with Crippen LogP contribution < -0.4 is 0 Å². The zero-order chi connectivity index (χ0) is 12.3. The fourth-order valence-corrected chi connectivity index (χ4v) is 1.59. The molecule has 0 unspecified atom stereocenters. The minimum atomic E-state index is 0.568. The minimum absolute atomic E-state index is 0.568. The molecule has 0 aromatic heterocycles. The maximum Gasteiger partial charge on any atom is 0.0997 e. The van der Waals surface area contributed by atoms with Crippen molar-refractivity contribution in [3.8, 4) is 11.8 Å². The van der Waals surface area contributed by atoms with Crippen LogP contribution in [0.25, 0.3) is 0 Å². The molecule has 1 rings (SSSR count). The topological polar surface area (TPSA) is 12.4 Å². The molecular formula is C15H18ClN. The Morgan fingerprint density at radius 1 is 1.29 bits per heavy atom. The molecule has 2 heteroatoms. The van der Waals surface area contributed by atoms with E-state index in [1.54, 1.807) is 0 Å². The Labute approximate surface area is 109 Å². The molecule has 0 aliphatic heterocycles. The van der Waals surface area contributed by atoms with Crippen molar-refractivity contribution in [2.75, 3.05) is 6.54 Å². The summed E-state index contributed by atoms with van der Waals surface area (Å²) in [6.45, 7) is 2.77. The second kappa shape index (κ2) is 8.84. The Morgan fingerprint density at radius 3 is 2.94 bits per heavy atom. The van der Waals surface area contributed by atoms with Crippen molar-refractivity contribution in [3.63, 3.8) is 0 Å². The number of hydrogen-bond acceptors (Lipinski definition) is 1. The van der Waals surface area contributed by atoms with E-state index in [2.05, 4.69) is 23.8 Å². The molecule has 0 bridgehead atoms. The van der Waals surface area contributed by atoms with Crippen LogP contribution >= 0.6 is 11.6 Å². The molecule has 0 radical (unpaired) electrons. The fraction of sp³-hybridized carbons (Fsp3) is 0.400. The molecule has 1 aromatic carbocycles. The number of halogens is 1. The van der Waals surface area contributed by atoms with E-state index in [4.69, 9.17) is 11.6 Å². The van der Waals surface area contributed by atoms with Gasteiger partial charge in [-0.25, -0.2) is 0 Å². The Balaban J connectivity index is 2.26. The van der Waals surface area contributed by atoms with Crippen molar-refractivity contribution in [3.05, 3.63) is 34.9 Å². The summed E-state index contributed by atoms with van der Waals surface area (Å²) in [5, 5.41) is 0.736. The van der Waals surface area contributed by atoms with E-state index in [1.807, 2.05) is 30.5 Å². The van der Waals surface area contributed by atoms with Gasteiger partial charge >= 0.3 is 0 Å². The number of nitrogens with zero attached hydrogens (tertiary/aromatic N) is 1. The second-order valence-corrected chi connectivity index (χ2v) is 4.27. The third-order valence-corrected chi connectivity index (χ3v) is 2.52. The van der Waals surface area contributed by atoms with E-state index in [0.29, 0.717) is 6.54 Å². The van der Waals surface area contributed by atoms with Gasteiger partial charge in [0.25, 0.3) is 0 Å². The Kier molecular flexibility index (Phi) is 7.18. The van der Waals surface area contributed by atoms with E-state index in [1.165, 1.54) is 19.3 Å². The van der Waals surface area contributed by atoms with Gasteiger partial charge < -0.3 is 0 Å². The van der Waals surface area contributed by atoms with Crippen LogP contribution in [0, 0.1) is 11.8 Å². The van der Waals surface area contributed by atoms with Gasteiger partial charge in [-0.3, -0.25) is 4.99 Å². The lowest BCUT2D eigenvalue weighted by molar-refractivity contribution is 0.737. The van der Waals surface area contributed by atoms with E-state index >= 15 is 0 Å². The van der Waals surface area contributed by atoms with Crippen LogP contribution in [-0.2, 0) is 0 Å². The fourth-order valence-electron chi connectivity index (χ4n) is 1.39. The van der Waals surface area contributed by atoms with Crippen molar-refractivity contribution >= 4 is 17.8 Å². The Hall–Kier alpha value is -1.26. The van der Waals surface area contributed by atoms with Gasteiger partial charge in [0, 0.05) is 17.7 Å². The van der Waals surface area contributed by atoms with E-state index in [0.717, 1.165) is 17.0 Å². The Bertz CT molecular complexity index is 412. The van der Waals surface area contributed by atoms with Crippen LogP contribution in [0.5, 0.6) is 0 Å². The smallest absolute Gasteiger partial charge is 0.0997 e. The molecule has 0 fully saturated rings. The summed E-state index contributed by atoms with van der Waals surface area (Å²) >= 11 is 5.87. The lowest BCUT2D eigenvalue weighted by Crippen LogP contribution is -1.82. The number of benzene rings is 1. The summed E-state index contributed by atoms with van der Waals surface area (Å²) in [6, 6.07) is 7.64. The van der Waals surface area contributed by atoms with Crippen LogP contribution in [0.4, 0.5) is 0 Å². The third-order valence-electron chi connectivity index (χ3n) is 2.29. The van der Waals surface area contributed by atoms with Crippen LogP contribution in [0.2, 0.25) is 5.02 Å². The Morgan fingerprint density at radius 2 is 2.18 bits per heavy atom. The molecule has 1 aromatic rings. The third kappa shape index (κ3) is 6.81. The van der Waals surface area contributed by atoms with Gasteiger partial charge in [0.15, 0.2) is 0 Å². The first-order chi connectivity index (χ1) is 8.33. The number of aliphatic imine (C=N–C) groups is 1. The van der Waals surface area contributed by atoms with Crippen molar-refractivity contribution < 1.29 is 0 Å². The zero-order valence-electron chi connectivity index (χ0n) is 10.2. The summed E-state index contributed by atoms with van der Waals surface area (Å²) < 4.78 is 0. The van der Waals surface area contributed by atoms with Gasteiger partial charge in [-0.2, -0.15) is 0 Å². The quantitative estimate of drug-likeness (QED) is 0.417. The number of rotatable bonds is 5. The van der Waals surface area contributed by atoms with Gasteiger partial charge in [-0.15, -0.1) is 5.92 Å². The molecular weight excluding hydrogens is 230 g/mol. The molecule has 0 atom stereocenters. The van der Waals surface area contributed by atoms with Crippen LogP contribution in [0.1, 0.15) is 38.2 Å². The van der Waals surface area contributed by atoms with Gasteiger partial charge in [0.1, 0.15) is 0 Å². The second-order valence-electron chi connectivity index (χ2n) is 3.84. The highest BCUT2D eigenvalue weighted by Gasteiger charge is 1.88. The molecule has 90 valence electrons. The van der Waals surface area contributed by atoms with Crippen LogP contribution in [0.15, 0.2) is 29.3 Å². The number of unbranched alkanes of at least 4 members (excludes halogenated alkanes) is 3. The van der Waals surface area contributed by atoms with Gasteiger partial charge in [-0.05, 0) is 24.1 Å². The largest absolute Gasteiger partial charge is 0.280 e. The maximum atomic E-state index is 5.87. The molecule has 0 saturated carbocycles. The predicted octanol–water partition coefficient (Wildman–Crippen LogP) is 4.34. The SMILES string of the molecule is CCCCCC#CC/N=C/c1cccc(Cl)c1. The van der Waals surface area contributed by atoms with Gasteiger partial charge in [-0.1, -0.05) is 49.4 Å². The molecule has 1 nitrogen and oxygen atoms in total. The van der Waals surface area contributed by atoms with Crippen molar-refractivity contribution in [2.24, 2.45) is 4.99 Å². The van der Waals surface area contributed by atoms with Crippen LogP contribution in [0.3, 0.4) is 0 Å². The first-order valence-electron chi connectivity index (χ1n) is 6.04. The lowest BCUT2D eigenvalue weighted by Gasteiger charge is -1.92. The molecule has 0 amide bonds. The highest BCUT2D eigenvalue weighted by atomic mass is 35.5. The molecule has 0 saturated heterocycles. The first-order valence-corrected chi connectivity index (χ1v) is 6.42. The highest BCUT2D eigenvalue weighted by molar-refractivity contribution is 6.30. The highest BCUT2D eigenvalue weighted by Crippen LogP contribution is 2.08. The minimum Gasteiger partial charge on any atom is -0.280 e. The summed E-state index contributed by atoms with van der Waals surface area (Å²) in [5.74, 6) is 6.18. The van der Waals surface area contributed by atoms with E-state index < -0.39 is 0 Å². The van der Waals surface area contributed by atoms with Gasteiger partial charge in [0.05, 0.1) is 6.54 Å². The lowest BCUT2D eigenvalue weighted by atomic mass is 10.2. The summed E-state index contributed by atoms with van der Waals surface area (Å²) in [6.07, 6.45) is 6.50. The first kappa shape index (κ1) is 13.8. The molecule has 0 aliphatic rings. The molecule has 0 N–H and O–H groups in total. The molecule has 17 heavy (non-hydrogen) atoms. The summed E-state index contributed by atoms with van der Waals surface area (Å²) in [4.78, 5) is 4.24. The normalized spacial score (nSPS) is 10.2. The molecule has 0 spiro atoms. The van der Waals surface area contributed by atoms with E-state index in [9.17, 15) is 0 Å². The number of hydrogen-bond donors (Lipinski definition) is 0. The van der Waals surface area contributed by atoms with Crippen LogP contribution in [-0.4, -0.2) is 12.8 Å². The standard InChI is InChI=1S/C15H18ClN/c1-2-3-4-5-6-7-11-17-13-14-9-8-10-15(16)12-14/h8-10,12-13H,2-5,11H2,1H3/b17-13+. The predicted molar refractivity (Wildman–Crippen MR) is 75.8 cm³/mol. The van der Waals surface area contributed by atoms with Crippen molar-refractivity contribution in [1.29, 1.82) is 0 Å². The molecule has 0 heterocycles. The summed E-state index contributed by atoms with van der Waals surface area (Å²) in [5.41, 5.74) is 1.02. The summed E-state index contributed by atoms with van der Waals surface area (Å²) in [7, 11) is 0.